The second kappa shape index (κ2) is 5.77. The molecule has 2 saturated heterocycles. The molecule has 0 aliphatic carbocycles. The maximum atomic E-state index is 13.1. The van der Waals surface area contributed by atoms with Crippen molar-refractivity contribution in [3.05, 3.63) is 54.6 Å². The highest BCUT2D eigenvalue weighted by Gasteiger charge is 2.54. The highest BCUT2D eigenvalue weighted by Crippen LogP contribution is 2.38. The second-order valence-corrected chi connectivity index (χ2v) is 8.42. The van der Waals surface area contributed by atoms with Crippen molar-refractivity contribution in [2.75, 3.05) is 28.4 Å². The van der Waals surface area contributed by atoms with Gasteiger partial charge in [-0.3, -0.25) is 9.80 Å². The van der Waals surface area contributed by atoms with E-state index in [1.165, 1.54) is 0 Å². The summed E-state index contributed by atoms with van der Waals surface area (Å²) in [7, 11) is -1.61. The van der Waals surface area contributed by atoms with E-state index in [1.54, 1.807) is 41.2 Å². The molecule has 0 radical (unpaired) electrons. The molecule has 0 bridgehead atoms. The van der Waals surface area contributed by atoms with Gasteiger partial charge in [-0.15, -0.1) is 0 Å². The van der Waals surface area contributed by atoms with Crippen molar-refractivity contribution in [3.63, 3.8) is 0 Å². The summed E-state index contributed by atoms with van der Waals surface area (Å²) in [6.07, 6.45) is 0. The fraction of sp³-hybridized carbons (Fsp3) is 0.278. The molecule has 130 valence electrons. The first kappa shape index (κ1) is 16.0. The highest BCUT2D eigenvalue weighted by molar-refractivity contribution is 7.91. The number of carbonyl (C=O) groups is 1. The molecule has 2 amide bonds. The third-order valence-electron chi connectivity index (χ3n) is 4.75. The number of para-hydroxylation sites is 1. The molecule has 2 aliphatic heterocycles. The lowest BCUT2D eigenvalue weighted by Crippen LogP contribution is -2.37. The summed E-state index contributed by atoms with van der Waals surface area (Å²) < 4.78 is 29.6. The van der Waals surface area contributed by atoms with Gasteiger partial charge >= 0.3 is 6.03 Å². The largest absolute Gasteiger partial charge is 0.497 e. The van der Waals surface area contributed by atoms with Gasteiger partial charge in [-0.25, -0.2) is 13.2 Å². The zero-order chi connectivity index (χ0) is 17.6. The van der Waals surface area contributed by atoms with Gasteiger partial charge in [0.2, 0.25) is 0 Å². The summed E-state index contributed by atoms with van der Waals surface area (Å²) in [4.78, 5) is 16.3. The minimum atomic E-state index is -3.18. The summed E-state index contributed by atoms with van der Waals surface area (Å²) in [6.45, 7) is 0. The first-order valence-electron chi connectivity index (χ1n) is 8.02. The number of carbonyl (C=O) groups excluding carboxylic acids is 1. The first-order valence-corrected chi connectivity index (χ1v) is 9.84. The van der Waals surface area contributed by atoms with Crippen LogP contribution in [0.2, 0.25) is 0 Å². The Morgan fingerprint density at radius 2 is 1.40 bits per heavy atom. The lowest BCUT2D eigenvalue weighted by Gasteiger charge is -2.22. The smallest absolute Gasteiger partial charge is 0.329 e. The molecule has 2 aromatic rings. The van der Waals surface area contributed by atoms with E-state index >= 15 is 0 Å². The number of rotatable bonds is 3. The van der Waals surface area contributed by atoms with Gasteiger partial charge in [-0.05, 0) is 36.4 Å². The third kappa shape index (κ3) is 2.64. The van der Waals surface area contributed by atoms with E-state index in [4.69, 9.17) is 4.74 Å². The van der Waals surface area contributed by atoms with Crippen LogP contribution in [0.15, 0.2) is 54.6 Å². The molecule has 25 heavy (non-hydrogen) atoms. The van der Waals surface area contributed by atoms with Gasteiger partial charge < -0.3 is 4.74 Å². The van der Waals surface area contributed by atoms with E-state index in [1.807, 2.05) is 30.3 Å². The fourth-order valence-electron chi connectivity index (χ4n) is 3.64. The number of benzene rings is 2. The molecule has 2 aliphatic rings. The van der Waals surface area contributed by atoms with Crippen molar-refractivity contribution < 1.29 is 17.9 Å². The topological polar surface area (TPSA) is 66.9 Å². The number of hydrogen-bond donors (Lipinski definition) is 0. The molecule has 2 aromatic carbocycles. The molecule has 0 N–H and O–H groups in total. The van der Waals surface area contributed by atoms with E-state index in [0.29, 0.717) is 11.4 Å². The summed E-state index contributed by atoms with van der Waals surface area (Å²) in [5.74, 6) is 0.662. The minimum Gasteiger partial charge on any atom is -0.497 e. The van der Waals surface area contributed by atoms with Crippen molar-refractivity contribution in [2.24, 2.45) is 0 Å². The second-order valence-electron chi connectivity index (χ2n) is 6.27. The Hall–Kier alpha value is -2.54. The van der Waals surface area contributed by atoms with Gasteiger partial charge in [0.25, 0.3) is 0 Å². The average Bonchev–Trinajstić information content (AvgIpc) is 3.04. The van der Waals surface area contributed by atoms with Crippen molar-refractivity contribution in [1.82, 2.24) is 0 Å². The Balaban J connectivity index is 1.77. The summed E-state index contributed by atoms with van der Waals surface area (Å²) in [5, 5.41) is 0. The van der Waals surface area contributed by atoms with Gasteiger partial charge in [-0.1, -0.05) is 18.2 Å². The number of nitrogens with zero attached hydrogens (tertiary/aromatic N) is 2. The molecule has 0 saturated carbocycles. The maximum Gasteiger partial charge on any atom is 0.329 e. The fourth-order valence-corrected chi connectivity index (χ4v) is 5.56. The van der Waals surface area contributed by atoms with Crippen molar-refractivity contribution in [2.45, 2.75) is 12.1 Å². The van der Waals surface area contributed by atoms with Crippen LogP contribution in [0.1, 0.15) is 0 Å². The number of sulfone groups is 1. The highest BCUT2D eigenvalue weighted by atomic mass is 32.2. The van der Waals surface area contributed by atoms with Crippen LogP contribution < -0.4 is 14.5 Å². The van der Waals surface area contributed by atoms with Crippen molar-refractivity contribution in [1.29, 1.82) is 0 Å². The van der Waals surface area contributed by atoms with Crippen LogP contribution in [0.3, 0.4) is 0 Å². The lowest BCUT2D eigenvalue weighted by atomic mass is 10.1. The van der Waals surface area contributed by atoms with Gasteiger partial charge in [-0.2, -0.15) is 0 Å². The average molecular weight is 358 g/mol. The Kier molecular flexibility index (Phi) is 3.68. The Morgan fingerprint density at radius 3 is 1.92 bits per heavy atom. The number of anilines is 2. The Morgan fingerprint density at radius 1 is 0.880 bits per heavy atom. The Labute approximate surface area is 146 Å². The molecule has 4 rings (SSSR count). The van der Waals surface area contributed by atoms with Gasteiger partial charge in [0, 0.05) is 11.4 Å². The summed E-state index contributed by atoms with van der Waals surface area (Å²) in [6, 6.07) is 15.4. The van der Waals surface area contributed by atoms with Crippen LogP contribution in [0.4, 0.5) is 16.2 Å². The van der Waals surface area contributed by atoms with Crippen LogP contribution in [-0.2, 0) is 9.84 Å². The zero-order valence-corrected chi connectivity index (χ0v) is 14.5. The van der Waals surface area contributed by atoms with E-state index in [9.17, 15) is 13.2 Å². The normalized spacial score (nSPS) is 24.4. The van der Waals surface area contributed by atoms with Crippen LogP contribution in [0.25, 0.3) is 0 Å². The van der Waals surface area contributed by atoms with Gasteiger partial charge in [0.05, 0.1) is 30.7 Å². The molecule has 2 atom stereocenters. The molecule has 0 unspecified atom stereocenters. The number of urea groups is 1. The molecular weight excluding hydrogens is 340 g/mol. The van der Waals surface area contributed by atoms with Crippen LogP contribution in [0.5, 0.6) is 5.75 Å². The summed E-state index contributed by atoms with van der Waals surface area (Å²) >= 11 is 0. The minimum absolute atomic E-state index is 0.00897. The Bertz CT molecular complexity index is 896. The zero-order valence-electron chi connectivity index (χ0n) is 13.7. The van der Waals surface area contributed by atoms with E-state index < -0.39 is 9.84 Å². The SMILES string of the molecule is COc1ccc(N2C(=O)N(c3ccccc3)[C@H]3CS(=O)(=O)C[C@@H]32)cc1. The molecule has 0 spiro atoms. The molecule has 0 aromatic heterocycles. The standard InChI is InChI=1S/C18H18N2O4S/c1-24-15-9-7-14(8-10-15)20-17-12-25(22,23)11-16(17)19(18(20)21)13-5-3-2-4-6-13/h2-10,16-17H,11-12H2,1H3/t16-,17-/m0/s1. The quantitative estimate of drug-likeness (QED) is 0.790. The van der Waals surface area contributed by atoms with Gasteiger partial charge in [0.1, 0.15) is 5.75 Å². The van der Waals surface area contributed by atoms with E-state index in [-0.39, 0.29) is 29.6 Å². The molecular formula is C18H18N2O4S. The van der Waals surface area contributed by atoms with Crippen LogP contribution in [-0.4, -0.2) is 45.1 Å². The molecule has 2 heterocycles. The number of amides is 2. The molecule has 6 nitrogen and oxygen atoms in total. The predicted octanol–water partition coefficient (Wildman–Crippen LogP) is 2.31. The third-order valence-corrected chi connectivity index (χ3v) is 6.45. The van der Waals surface area contributed by atoms with E-state index in [2.05, 4.69) is 0 Å². The van der Waals surface area contributed by atoms with Gasteiger partial charge in [0.15, 0.2) is 9.84 Å². The van der Waals surface area contributed by atoms with Crippen molar-refractivity contribution in [3.8, 4) is 5.75 Å². The van der Waals surface area contributed by atoms with Crippen LogP contribution in [0, 0.1) is 0 Å². The maximum absolute atomic E-state index is 13.1. The van der Waals surface area contributed by atoms with E-state index in [0.717, 1.165) is 5.69 Å². The summed E-state index contributed by atoms with van der Waals surface area (Å²) in [5.41, 5.74) is 1.40. The molecule has 7 heteroatoms. The van der Waals surface area contributed by atoms with Crippen molar-refractivity contribution >= 4 is 27.2 Å². The lowest BCUT2D eigenvalue weighted by molar-refractivity contribution is 0.255. The number of ether oxygens (including phenoxy) is 1. The number of methoxy groups -OCH3 is 1. The first-order chi connectivity index (χ1) is 12.0. The number of hydrogen-bond acceptors (Lipinski definition) is 4. The number of fused-ring (bicyclic) bond motifs is 1. The molecule has 2 fully saturated rings. The predicted molar refractivity (Wildman–Crippen MR) is 96.0 cm³/mol. The monoisotopic (exact) mass is 358 g/mol. The van der Waals surface area contributed by atoms with Crippen LogP contribution >= 0.6 is 0 Å².